The van der Waals surface area contributed by atoms with E-state index < -0.39 is 12.3 Å². The summed E-state index contributed by atoms with van der Waals surface area (Å²) in [6.07, 6.45) is -1.19. The average Bonchev–Trinajstić information content (AvgIpc) is 3.07. The SMILES string of the molecule is CCNC(=O)NCc1cccc(-c2cccc([C@H]3O[C@@H](CSc4ccccc4C(=O)O)[C@@H](C)[C@@H](c4ccc(CO)cc4)O3)c2)c1. The van der Waals surface area contributed by atoms with E-state index in [1.54, 1.807) is 12.1 Å². The van der Waals surface area contributed by atoms with Gasteiger partial charge in [-0.2, -0.15) is 0 Å². The molecular weight excluding hydrogens is 588 g/mol. The fourth-order valence-corrected chi connectivity index (χ4v) is 6.59. The van der Waals surface area contributed by atoms with Gasteiger partial charge in [-0.05, 0) is 59.0 Å². The lowest BCUT2D eigenvalue weighted by atomic mass is 9.91. The van der Waals surface area contributed by atoms with Crippen LogP contribution in [-0.2, 0) is 22.6 Å². The Hall–Kier alpha value is -4.15. The molecule has 1 saturated heterocycles. The second kappa shape index (κ2) is 15.2. The molecular formula is C36H38N2O6S. The van der Waals surface area contributed by atoms with E-state index in [0.717, 1.165) is 33.4 Å². The molecule has 0 unspecified atom stereocenters. The first kappa shape index (κ1) is 32.2. The molecule has 4 aromatic carbocycles. The lowest BCUT2D eigenvalue weighted by Crippen LogP contribution is -2.38. The number of rotatable bonds is 11. The van der Waals surface area contributed by atoms with Gasteiger partial charge in [-0.1, -0.05) is 79.7 Å². The van der Waals surface area contributed by atoms with Gasteiger partial charge in [0.25, 0.3) is 0 Å². The molecule has 0 radical (unpaired) electrons. The first-order chi connectivity index (χ1) is 21.9. The molecule has 0 bridgehead atoms. The quantitative estimate of drug-likeness (QED) is 0.133. The summed E-state index contributed by atoms with van der Waals surface area (Å²) >= 11 is 1.47. The maximum Gasteiger partial charge on any atom is 0.336 e. The van der Waals surface area contributed by atoms with E-state index in [2.05, 4.69) is 29.7 Å². The van der Waals surface area contributed by atoms with Crippen molar-refractivity contribution < 1.29 is 29.3 Å². The zero-order valence-corrected chi connectivity index (χ0v) is 26.1. The molecule has 8 nitrogen and oxygen atoms in total. The van der Waals surface area contributed by atoms with Crippen LogP contribution in [0.25, 0.3) is 11.1 Å². The van der Waals surface area contributed by atoms with E-state index in [-0.39, 0.29) is 36.3 Å². The summed E-state index contributed by atoms with van der Waals surface area (Å²) in [6.45, 7) is 4.90. The van der Waals surface area contributed by atoms with Crippen molar-refractivity contribution in [3.8, 4) is 11.1 Å². The van der Waals surface area contributed by atoms with Crippen molar-refractivity contribution in [3.05, 3.63) is 125 Å². The van der Waals surface area contributed by atoms with Gasteiger partial charge in [-0.25, -0.2) is 9.59 Å². The van der Waals surface area contributed by atoms with Crippen molar-refractivity contribution >= 4 is 23.8 Å². The van der Waals surface area contributed by atoms with Crippen molar-refractivity contribution in [2.24, 2.45) is 5.92 Å². The summed E-state index contributed by atoms with van der Waals surface area (Å²) < 4.78 is 13.3. The predicted molar refractivity (Wildman–Crippen MR) is 175 cm³/mol. The Labute approximate surface area is 267 Å². The van der Waals surface area contributed by atoms with E-state index in [1.807, 2.05) is 79.7 Å². The molecule has 4 atom stereocenters. The standard InChI is InChI=1S/C36H38N2O6S/c1-3-37-36(42)38-20-25-8-6-9-27(18-25)28-10-7-11-29(19-28)35-43-31(22-45-32-13-5-4-12-30(32)34(40)41)23(2)33(44-35)26-16-14-24(21-39)15-17-26/h4-19,23,31,33,35,39H,3,20-22H2,1-2H3,(H,40,41)(H2,37,38,42)/t23-,31+,33+,35+/m1/s1. The predicted octanol–water partition coefficient (Wildman–Crippen LogP) is 6.95. The second-order valence-corrected chi connectivity index (χ2v) is 12.0. The van der Waals surface area contributed by atoms with Crippen LogP contribution in [0.5, 0.6) is 0 Å². The zero-order valence-electron chi connectivity index (χ0n) is 25.3. The number of hydrogen-bond donors (Lipinski definition) is 4. The van der Waals surface area contributed by atoms with Crippen molar-refractivity contribution in [1.82, 2.24) is 10.6 Å². The number of aliphatic hydroxyl groups is 1. The highest BCUT2D eigenvalue weighted by Gasteiger charge is 2.38. The maximum absolute atomic E-state index is 11.9. The van der Waals surface area contributed by atoms with Crippen molar-refractivity contribution in [3.63, 3.8) is 0 Å². The monoisotopic (exact) mass is 626 g/mol. The van der Waals surface area contributed by atoms with Crippen LogP contribution in [0.3, 0.4) is 0 Å². The topological polar surface area (TPSA) is 117 Å². The van der Waals surface area contributed by atoms with Gasteiger partial charge in [0, 0.05) is 35.2 Å². The first-order valence-corrected chi connectivity index (χ1v) is 16.0. The molecule has 45 heavy (non-hydrogen) atoms. The number of urea groups is 1. The molecule has 0 aliphatic carbocycles. The molecule has 0 aromatic heterocycles. The number of aliphatic hydroxyl groups excluding tert-OH is 1. The number of carboxylic acid groups (broad SMARTS) is 1. The van der Waals surface area contributed by atoms with E-state index in [9.17, 15) is 19.8 Å². The molecule has 0 spiro atoms. The summed E-state index contributed by atoms with van der Waals surface area (Å²) in [4.78, 5) is 24.4. The third-order valence-corrected chi connectivity index (χ3v) is 9.02. The van der Waals surface area contributed by atoms with Crippen LogP contribution >= 0.6 is 11.8 Å². The third-order valence-electron chi connectivity index (χ3n) is 7.85. The second-order valence-electron chi connectivity index (χ2n) is 11.0. The highest BCUT2D eigenvalue weighted by atomic mass is 32.2. The molecule has 1 aliphatic rings. The summed E-state index contributed by atoms with van der Waals surface area (Å²) in [6, 6.07) is 30.7. The molecule has 0 saturated carbocycles. The van der Waals surface area contributed by atoms with Crippen LogP contribution in [0.15, 0.2) is 102 Å². The molecule has 9 heteroatoms. The average molecular weight is 627 g/mol. The van der Waals surface area contributed by atoms with Crippen molar-refractivity contribution in [2.75, 3.05) is 12.3 Å². The third kappa shape index (κ3) is 8.12. The fraction of sp³-hybridized carbons (Fsp3) is 0.278. The van der Waals surface area contributed by atoms with Crippen LogP contribution in [0.2, 0.25) is 0 Å². The minimum atomic E-state index is -0.959. The summed E-state index contributed by atoms with van der Waals surface area (Å²) in [5, 5.41) is 24.9. The lowest BCUT2D eigenvalue weighted by molar-refractivity contribution is -0.268. The molecule has 4 N–H and O–H groups in total. The number of benzene rings is 4. The number of amides is 2. The molecule has 234 valence electrons. The van der Waals surface area contributed by atoms with Gasteiger partial charge in [0.1, 0.15) is 0 Å². The highest BCUT2D eigenvalue weighted by molar-refractivity contribution is 7.99. The van der Waals surface area contributed by atoms with Crippen LogP contribution in [0.4, 0.5) is 4.79 Å². The van der Waals surface area contributed by atoms with Gasteiger partial charge in [0.05, 0.1) is 24.4 Å². The Morgan fingerprint density at radius 3 is 2.29 bits per heavy atom. The van der Waals surface area contributed by atoms with Crippen LogP contribution in [0.1, 0.15) is 58.9 Å². The number of carbonyl (C=O) groups excluding carboxylic acids is 1. The minimum Gasteiger partial charge on any atom is -0.478 e. The number of thioether (sulfide) groups is 1. The number of ether oxygens (including phenoxy) is 2. The van der Waals surface area contributed by atoms with Crippen LogP contribution in [-0.4, -0.2) is 40.6 Å². The zero-order chi connectivity index (χ0) is 31.8. The van der Waals surface area contributed by atoms with E-state index in [1.165, 1.54) is 11.8 Å². The van der Waals surface area contributed by atoms with E-state index >= 15 is 0 Å². The summed E-state index contributed by atoms with van der Waals surface area (Å²) in [5.74, 6) is -0.459. The van der Waals surface area contributed by atoms with Crippen LogP contribution in [0, 0.1) is 5.92 Å². The molecule has 1 fully saturated rings. The Balaban J connectivity index is 1.40. The van der Waals surface area contributed by atoms with Gasteiger partial charge >= 0.3 is 12.0 Å². The Bertz CT molecular complexity index is 1610. The van der Waals surface area contributed by atoms with Crippen molar-refractivity contribution in [2.45, 2.75) is 50.4 Å². The number of carboxylic acids is 1. The fourth-order valence-electron chi connectivity index (χ4n) is 5.38. The largest absolute Gasteiger partial charge is 0.478 e. The Morgan fingerprint density at radius 2 is 1.56 bits per heavy atom. The van der Waals surface area contributed by atoms with Crippen LogP contribution < -0.4 is 10.6 Å². The molecule has 1 aliphatic heterocycles. The van der Waals surface area contributed by atoms with E-state index in [0.29, 0.717) is 23.7 Å². The first-order valence-electron chi connectivity index (χ1n) is 15.0. The van der Waals surface area contributed by atoms with Crippen molar-refractivity contribution in [1.29, 1.82) is 0 Å². The maximum atomic E-state index is 11.9. The van der Waals surface area contributed by atoms with E-state index in [4.69, 9.17) is 9.47 Å². The minimum absolute atomic E-state index is 0.0364. The number of carbonyl (C=O) groups is 2. The number of aromatic carboxylic acids is 1. The Kier molecular flexibility index (Phi) is 10.9. The normalized spacial score (nSPS) is 19.5. The lowest BCUT2D eigenvalue weighted by Gasteiger charge is -2.41. The summed E-state index contributed by atoms with van der Waals surface area (Å²) in [5.41, 5.74) is 5.91. The number of nitrogens with one attached hydrogen (secondary N) is 2. The van der Waals surface area contributed by atoms with Gasteiger partial charge in [-0.3, -0.25) is 0 Å². The molecule has 2 amide bonds. The molecule has 4 aromatic rings. The molecule has 5 rings (SSSR count). The molecule has 1 heterocycles. The van der Waals surface area contributed by atoms with Gasteiger partial charge in [0.2, 0.25) is 0 Å². The van der Waals surface area contributed by atoms with Gasteiger partial charge in [-0.15, -0.1) is 11.8 Å². The van der Waals surface area contributed by atoms with Gasteiger partial charge < -0.3 is 30.3 Å². The smallest absolute Gasteiger partial charge is 0.336 e. The highest BCUT2D eigenvalue weighted by Crippen LogP contribution is 2.43. The summed E-state index contributed by atoms with van der Waals surface area (Å²) in [7, 11) is 0. The Morgan fingerprint density at radius 1 is 0.822 bits per heavy atom. The van der Waals surface area contributed by atoms with Gasteiger partial charge in [0.15, 0.2) is 6.29 Å². The number of hydrogen-bond acceptors (Lipinski definition) is 6.